The Bertz CT molecular complexity index is 611. The summed E-state index contributed by atoms with van der Waals surface area (Å²) in [5.41, 5.74) is 1.06. The number of likely N-dealkylation sites (tertiary alicyclic amines) is 2. The van der Waals surface area contributed by atoms with Crippen LogP contribution in [-0.4, -0.2) is 67.9 Å². The molecule has 3 rings (SSSR count). The van der Waals surface area contributed by atoms with Crippen molar-refractivity contribution in [3.8, 4) is 0 Å². The van der Waals surface area contributed by atoms with Gasteiger partial charge in [0.15, 0.2) is 0 Å². The number of hydrogen-bond acceptors (Lipinski definition) is 4. The van der Waals surface area contributed by atoms with Gasteiger partial charge in [0, 0.05) is 45.0 Å². The lowest BCUT2D eigenvalue weighted by atomic mass is 9.88. The molecule has 0 N–H and O–H groups in total. The second-order valence-electron chi connectivity index (χ2n) is 7.86. The van der Waals surface area contributed by atoms with E-state index in [4.69, 9.17) is 4.74 Å². The van der Waals surface area contributed by atoms with Crippen LogP contribution >= 0.6 is 0 Å². The van der Waals surface area contributed by atoms with E-state index in [1.807, 2.05) is 35.2 Å². The Morgan fingerprint density at radius 2 is 1.78 bits per heavy atom. The third kappa shape index (κ3) is 5.63. The van der Waals surface area contributed by atoms with Crippen LogP contribution in [-0.2, 0) is 20.7 Å². The molecule has 5 heteroatoms. The maximum Gasteiger partial charge on any atom is 0.225 e. The molecular weight excluding hydrogens is 340 g/mol. The predicted molar refractivity (Wildman–Crippen MR) is 105 cm³/mol. The van der Waals surface area contributed by atoms with Gasteiger partial charge in [0.2, 0.25) is 5.91 Å². The molecule has 2 heterocycles. The SMILES string of the molecule is COCCN1CCC(C(=O)N2CCCC(C(=O)Cc3ccccc3)C2)CC1. The molecule has 0 spiro atoms. The summed E-state index contributed by atoms with van der Waals surface area (Å²) in [6, 6.07) is 9.91. The smallest absolute Gasteiger partial charge is 0.225 e. The molecule has 1 atom stereocenters. The number of nitrogens with zero attached hydrogens (tertiary/aromatic N) is 2. The summed E-state index contributed by atoms with van der Waals surface area (Å²) in [6.45, 7) is 5.02. The lowest BCUT2D eigenvalue weighted by Crippen LogP contribution is -2.47. The Morgan fingerprint density at radius 3 is 2.48 bits per heavy atom. The number of hydrogen-bond donors (Lipinski definition) is 0. The Labute approximate surface area is 162 Å². The van der Waals surface area contributed by atoms with Gasteiger partial charge in [0.25, 0.3) is 0 Å². The van der Waals surface area contributed by atoms with Crippen molar-refractivity contribution >= 4 is 11.7 Å². The molecule has 0 radical (unpaired) electrons. The van der Waals surface area contributed by atoms with Crippen molar-refractivity contribution in [3.63, 3.8) is 0 Å². The van der Waals surface area contributed by atoms with Crippen LogP contribution in [0.15, 0.2) is 30.3 Å². The van der Waals surface area contributed by atoms with Gasteiger partial charge in [-0.05, 0) is 44.3 Å². The van der Waals surface area contributed by atoms with E-state index in [9.17, 15) is 9.59 Å². The van der Waals surface area contributed by atoms with Gasteiger partial charge in [-0.1, -0.05) is 30.3 Å². The lowest BCUT2D eigenvalue weighted by molar-refractivity contribution is -0.140. The molecule has 2 aliphatic heterocycles. The maximum atomic E-state index is 13.0. The topological polar surface area (TPSA) is 49.9 Å². The Balaban J connectivity index is 1.49. The van der Waals surface area contributed by atoms with Crippen LogP contribution in [0, 0.1) is 11.8 Å². The minimum Gasteiger partial charge on any atom is -0.383 e. The fourth-order valence-corrected chi connectivity index (χ4v) is 4.26. The van der Waals surface area contributed by atoms with E-state index in [1.165, 1.54) is 0 Å². The molecule has 1 aromatic carbocycles. The van der Waals surface area contributed by atoms with Gasteiger partial charge in [-0.15, -0.1) is 0 Å². The number of Topliss-reactive ketones (excluding diaryl/α,β-unsaturated/α-hetero) is 1. The minimum absolute atomic E-state index is 0.00954. The van der Waals surface area contributed by atoms with Crippen molar-refractivity contribution in [3.05, 3.63) is 35.9 Å². The number of methoxy groups -OCH3 is 1. The maximum absolute atomic E-state index is 13.0. The second-order valence-corrected chi connectivity index (χ2v) is 7.86. The van der Waals surface area contributed by atoms with Crippen LogP contribution in [0.3, 0.4) is 0 Å². The van der Waals surface area contributed by atoms with E-state index in [0.717, 1.165) is 64.0 Å². The average molecular weight is 373 g/mol. The van der Waals surface area contributed by atoms with Crippen LogP contribution < -0.4 is 0 Å². The molecule has 1 aromatic rings. The third-order valence-electron chi connectivity index (χ3n) is 5.96. The monoisotopic (exact) mass is 372 g/mol. The van der Waals surface area contributed by atoms with Crippen molar-refractivity contribution in [2.24, 2.45) is 11.8 Å². The van der Waals surface area contributed by atoms with Gasteiger partial charge < -0.3 is 14.5 Å². The molecule has 2 saturated heterocycles. The Morgan fingerprint density at radius 1 is 1.04 bits per heavy atom. The zero-order valence-electron chi connectivity index (χ0n) is 16.4. The van der Waals surface area contributed by atoms with Gasteiger partial charge in [-0.2, -0.15) is 0 Å². The van der Waals surface area contributed by atoms with Gasteiger partial charge in [-0.25, -0.2) is 0 Å². The third-order valence-corrected chi connectivity index (χ3v) is 5.96. The minimum atomic E-state index is -0.00954. The van der Waals surface area contributed by atoms with Gasteiger partial charge in [0.1, 0.15) is 5.78 Å². The summed E-state index contributed by atoms with van der Waals surface area (Å²) in [5, 5.41) is 0. The van der Waals surface area contributed by atoms with Crippen molar-refractivity contribution in [1.29, 1.82) is 0 Å². The van der Waals surface area contributed by atoms with Crippen LogP contribution in [0.1, 0.15) is 31.2 Å². The molecular formula is C22H32N2O3. The fraction of sp³-hybridized carbons (Fsp3) is 0.636. The molecule has 0 saturated carbocycles. The number of piperidine rings is 2. The molecule has 0 aliphatic carbocycles. The van der Waals surface area contributed by atoms with Crippen LogP contribution in [0.5, 0.6) is 0 Å². The van der Waals surface area contributed by atoms with E-state index in [-0.39, 0.29) is 23.5 Å². The number of ether oxygens (including phenoxy) is 1. The summed E-state index contributed by atoms with van der Waals surface area (Å²) in [5.74, 6) is 0.642. The van der Waals surface area contributed by atoms with E-state index in [0.29, 0.717) is 13.0 Å². The van der Waals surface area contributed by atoms with Crippen molar-refractivity contribution in [2.45, 2.75) is 32.1 Å². The first-order valence-electron chi connectivity index (χ1n) is 10.2. The van der Waals surface area contributed by atoms with Crippen molar-refractivity contribution in [1.82, 2.24) is 9.80 Å². The van der Waals surface area contributed by atoms with Gasteiger partial charge in [0.05, 0.1) is 6.61 Å². The summed E-state index contributed by atoms with van der Waals surface area (Å²) >= 11 is 0. The van der Waals surface area contributed by atoms with E-state index >= 15 is 0 Å². The average Bonchev–Trinajstić information content (AvgIpc) is 2.73. The molecule has 1 amide bonds. The molecule has 1 unspecified atom stereocenters. The first-order chi connectivity index (χ1) is 13.2. The number of rotatable bonds is 7. The fourth-order valence-electron chi connectivity index (χ4n) is 4.26. The first kappa shape index (κ1) is 20.0. The standard InChI is InChI=1S/C22H32N2O3/c1-27-15-14-23-12-9-19(10-13-23)22(26)24-11-5-8-20(17-24)21(25)16-18-6-3-2-4-7-18/h2-4,6-7,19-20H,5,8-17H2,1H3. The Hall–Kier alpha value is -1.72. The summed E-state index contributed by atoms with van der Waals surface area (Å²) < 4.78 is 5.14. The van der Waals surface area contributed by atoms with E-state index in [1.54, 1.807) is 7.11 Å². The molecule has 2 aliphatic rings. The van der Waals surface area contributed by atoms with Crippen molar-refractivity contribution in [2.75, 3.05) is 46.4 Å². The van der Waals surface area contributed by atoms with E-state index < -0.39 is 0 Å². The molecule has 148 valence electrons. The number of benzene rings is 1. The number of amides is 1. The zero-order chi connectivity index (χ0) is 19.1. The molecule has 2 fully saturated rings. The molecule has 0 bridgehead atoms. The number of ketones is 1. The highest BCUT2D eigenvalue weighted by atomic mass is 16.5. The summed E-state index contributed by atoms with van der Waals surface area (Å²) in [7, 11) is 1.72. The highest BCUT2D eigenvalue weighted by Crippen LogP contribution is 2.25. The largest absolute Gasteiger partial charge is 0.383 e. The summed E-state index contributed by atoms with van der Waals surface area (Å²) in [6.07, 6.45) is 4.16. The predicted octanol–water partition coefficient (Wildman–Crippen LogP) is 2.40. The molecule has 0 aromatic heterocycles. The highest BCUT2D eigenvalue weighted by Gasteiger charge is 2.33. The molecule has 5 nitrogen and oxygen atoms in total. The summed E-state index contributed by atoms with van der Waals surface area (Å²) in [4.78, 5) is 30.0. The Kier molecular flexibility index (Phi) is 7.41. The van der Waals surface area contributed by atoms with Gasteiger partial charge in [-0.3, -0.25) is 9.59 Å². The van der Waals surface area contributed by atoms with Crippen LogP contribution in [0.25, 0.3) is 0 Å². The van der Waals surface area contributed by atoms with E-state index in [2.05, 4.69) is 4.90 Å². The second kappa shape index (κ2) is 10.00. The highest BCUT2D eigenvalue weighted by molar-refractivity contribution is 5.85. The first-order valence-corrected chi connectivity index (χ1v) is 10.2. The number of carbonyl (C=O) groups excluding carboxylic acids is 2. The molecule has 27 heavy (non-hydrogen) atoms. The van der Waals surface area contributed by atoms with Crippen molar-refractivity contribution < 1.29 is 14.3 Å². The van der Waals surface area contributed by atoms with Crippen LogP contribution in [0.4, 0.5) is 0 Å². The van der Waals surface area contributed by atoms with Crippen LogP contribution in [0.2, 0.25) is 0 Å². The zero-order valence-corrected chi connectivity index (χ0v) is 16.4. The number of carbonyl (C=O) groups is 2. The van der Waals surface area contributed by atoms with Gasteiger partial charge >= 0.3 is 0 Å². The normalized spacial score (nSPS) is 22.0. The lowest BCUT2D eigenvalue weighted by Gasteiger charge is -2.37. The quantitative estimate of drug-likeness (QED) is 0.737.